The zero-order valence-corrected chi connectivity index (χ0v) is 13.1. The van der Waals surface area contributed by atoms with Crippen LogP contribution in [0.2, 0.25) is 0 Å². The van der Waals surface area contributed by atoms with Gasteiger partial charge in [0.2, 0.25) is 0 Å². The zero-order chi connectivity index (χ0) is 16.4. The first-order valence-corrected chi connectivity index (χ1v) is 7.82. The van der Waals surface area contributed by atoms with Gasteiger partial charge in [-0.1, -0.05) is 12.1 Å². The molecule has 0 fully saturated rings. The van der Waals surface area contributed by atoms with E-state index in [1.165, 1.54) is 23.5 Å². The number of esters is 1. The van der Waals surface area contributed by atoms with Crippen LogP contribution < -0.4 is 0 Å². The van der Waals surface area contributed by atoms with Crippen LogP contribution in [0.4, 0.5) is 5.69 Å². The van der Waals surface area contributed by atoms with Gasteiger partial charge >= 0.3 is 5.97 Å². The molecular formula is C15H13N3O4S. The minimum absolute atomic E-state index is 0.0191. The van der Waals surface area contributed by atoms with Crippen molar-refractivity contribution in [1.29, 1.82) is 0 Å². The molecule has 0 N–H and O–H groups in total. The van der Waals surface area contributed by atoms with E-state index >= 15 is 0 Å². The molecule has 0 spiro atoms. The molecule has 0 aliphatic rings. The summed E-state index contributed by atoms with van der Waals surface area (Å²) in [6.45, 7) is 2.10. The molecule has 0 aliphatic carbocycles. The minimum Gasteiger partial charge on any atom is -0.466 e. The van der Waals surface area contributed by atoms with Gasteiger partial charge in [0.25, 0.3) is 5.69 Å². The number of hydrogen-bond acceptors (Lipinski definition) is 6. The van der Waals surface area contributed by atoms with Crippen molar-refractivity contribution in [3.63, 3.8) is 0 Å². The second-order valence-corrected chi connectivity index (χ2v) is 5.63. The molecule has 0 unspecified atom stereocenters. The molecule has 2 aromatic heterocycles. The van der Waals surface area contributed by atoms with E-state index in [4.69, 9.17) is 4.74 Å². The third-order valence-corrected chi connectivity index (χ3v) is 4.16. The summed E-state index contributed by atoms with van der Waals surface area (Å²) in [7, 11) is 0. The van der Waals surface area contributed by atoms with E-state index in [9.17, 15) is 14.9 Å². The highest BCUT2D eigenvalue weighted by Gasteiger charge is 2.14. The second kappa shape index (κ2) is 6.17. The SMILES string of the molecule is CCOC(=O)Cc1csc2nc(-c3cccc([N+](=O)[O-])c3)cn12. The van der Waals surface area contributed by atoms with Crippen molar-refractivity contribution in [3.8, 4) is 11.3 Å². The summed E-state index contributed by atoms with van der Waals surface area (Å²) in [6, 6.07) is 6.32. The van der Waals surface area contributed by atoms with Crippen LogP contribution in [0.3, 0.4) is 0 Å². The Bertz CT molecular complexity index is 884. The Labute approximate surface area is 135 Å². The first-order chi connectivity index (χ1) is 11.1. The fourth-order valence-electron chi connectivity index (χ4n) is 2.23. The molecule has 0 atom stereocenters. The molecular weight excluding hydrogens is 318 g/mol. The number of aromatic nitrogens is 2. The smallest absolute Gasteiger partial charge is 0.311 e. The van der Waals surface area contributed by atoms with Crippen LogP contribution in [0.25, 0.3) is 16.2 Å². The van der Waals surface area contributed by atoms with Crippen molar-refractivity contribution < 1.29 is 14.5 Å². The van der Waals surface area contributed by atoms with E-state index in [0.29, 0.717) is 17.9 Å². The molecule has 1 aromatic carbocycles. The summed E-state index contributed by atoms with van der Waals surface area (Å²) < 4.78 is 6.77. The average Bonchev–Trinajstić information content (AvgIpc) is 3.10. The van der Waals surface area contributed by atoms with Crippen molar-refractivity contribution >= 4 is 28.0 Å². The number of hydrogen-bond donors (Lipinski definition) is 0. The van der Waals surface area contributed by atoms with Gasteiger partial charge in [-0.3, -0.25) is 19.3 Å². The van der Waals surface area contributed by atoms with Crippen LogP contribution >= 0.6 is 11.3 Å². The number of carbonyl (C=O) groups is 1. The Hall–Kier alpha value is -2.74. The van der Waals surface area contributed by atoms with E-state index in [2.05, 4.69) is 4.98 Å². The van der Waals surface area contributed by atoms with E-state index < -0.39 is 4.92 Å². The number of nitro groups is 1. The summed E-state index contributed by atoms with van der Waals surface area (Å²) in [5, 5.41) is 12.7. The molecule has 2 heterocycles. The lowest BCUT2D eigenvalue weighted by molar-refractivity contribution is -0.384. The highest BCUT2D eigenvalue weighted by Crippen LogP contribution is 2.26. The summed E-state index contributed by atoms with van der Waals surface area (Å²) in [5.41, 5.74) is 2.10. The maximum atomic E-state index is 11.6. The van der Waals surface area contributed by atoms with Gasteiger partial charge < -0.3 is 4.74 Å². The molecule has 3 rings (SSSR count). The highest BCUT2D eigenvalue weighted by molar-refractivity contribution is 7.15. The molecule has 8 heteroatoms. The van der Waals surface area contributed by atoms with Gasteiger partial charge in [0, 0.05) is 35.0 Å². The predicted molar refractivity (Wildman–Crippen MR) is 85.5 cm³/mol. The predicted octanol–water partition coefficient (Wildman–Crippen LogP) is 3.08. The zero-order valence-electron chi connectivity index (χ0n) is 12.3. The molecule has 0 radical (unpaired) electrons. The third kappa shape index (κ3) is 3.07. The summed E-state index contributed by atoms with van der Waals surface area (Å²) in [4.78, 5) is 27.3. The van der Waals surface area contributed by atoms with E-state index in [-0.39, 0.29) is 18.1 Å². The van der Waals surface area contributed by atoms with Crippen LogP contribution in [0.15, 0.2) is 35.8 Å². The van der Waals surface area contributed by atoms with Crippen molar-refractivity contribution in [2.45, 2.75) is 13.3 Å². The number of carbonyl (C=O) groups excluding carboxylic acids is 1. The van der Waals surface area contributed by atoms with Crippen LogP contribution in [0.1, 0.15) is 12.6 Å². The van der Waals surface area contributed by atoms with Crippen molar-refractivity contribution in [2.24, 2.45) is 0 Å². The highest BCUT2D eigenvalue weighted by atomic mass is 32.1. The Balaban J connectivity index is 1.95. The number of thiazole rings is 1. The summed E-state index contributed by atoms with van der Waals surface area (Å²) >= 11 is 1.41. The number of rotatable bonds is 5. The molecule has 0 amide bonds. The van der Waals surface area contributed by atoms with Gasteiger partial charge in [-0.2, -0.15) is 0 Å². The molecule has 3 aromatic rings. The standard InChI is InChI=1S/C15H13N3O4S/c1-2-22-14(19)7-12-9-23-15-16-13(8-17(12)15)10-4-3-5-11(6-10)18(20)21/h3-6,8-9H,2,7H2,1H3. The van der Waals surface area contributed by atoms with E-state index in [1.807, 2.05) is 9.78 Å². The first kappa shape index (κ1) is 15.2. The third-order valence-electron chi connectivity index (χ3n) is 3.27. The lowest BCUT2D eigenvalue weighted by atomic mass is 10.1. The average molecular weight is 331 g/mol. The Morgan fingerprint density at radius 1 is 1.48 bits per heavy atom. The molecule has 0 saturated carbocycles. The molecule has 7 nitrogen and oxygen atoms in total. The fraction of sp³-hybridized carbons (Fsp3) is 0.200. The van der Waals surface area contributed by atoms with Crippen molar-refractivity contribution in [1.82, 2.24) is 9.38 Å². The van der Waals surface area contributed by atoms with Crippen LogP contribution in [0, 0.1) is 10.1 Å². The number of non-ortho nitro benzene ring substituents is 1. The summed E-state index contributed by atoms with van der Waals surface area (Å²) in [5.74, 6) is -0.294. The minimum atomic E-state index is -0.436. The largest absolute Gasteiger partial charge is 0.466 e. The number of nitro benzene ring substituents is 1. The van der Waals surface area contributed by atoms with Gasteiger partial charge in [0.05, 0.1) is 23.6 Å². The Morgan fingerprint density at radius 3 is 3.04 bits per heavy atom. The van der Waals surface area contributed by atoms with Crippen molar-refractivity contribution in [3.05, 3.63) is 51.7 Å². The van der Waals surface area contributed by atoms with Crippen LogP contribution in [-0.2, 0) is 16.0 Å². The molecule has 0 saturated heterocycles. The maximum Gasteiger partial charge on any atom is 0.311 e. The van der Waals surface area contributed by atoms with Gasteiger partial charge in [0.15, 0.2) is 4.96 Å². The van der Waals surface area contributed by atoms with Gasteiger partial charge in [-0.25, -0.2) is 4.98 Å². The number of fused-ring (bicyclic) bond motifs is 1. The lowest BCUT2D eigenvalue weighted by Crippen LogP contribution is -2.08. The lowest BCUT2D eigenvalue weighted by Gasteiger charge is -2.00. The van der Waals surface area contributed by atoms with E-state index in [0.717, 1.165) is 10.7 Å². The summed E-state index contributed by atoms with van der Waals surface area (Å²) in [6.07, 6.45) is 1.94. The normalized spacial score (nSPS) is 10.8. The Kier molecular flexibility index (Phi) is 4.07. The van der Waals surface area contributed by atoms with Crippen molar-refractivity contribution in [2.75, 3.05) is 6.61 Å². The molecule has 0 aliphatic heterocycles. The van der Waals surface area contributed by atoms with Gasteiger partial charge in [-0.05, 0) is 6.92 Å². The maximum absolute atomic E-state index is 11.6. The van der Waals surface area contributed by atoms with Gasteiger partial charge in [-0.15, -0.1) is 11.3 Å². The van der Waals surface area contributed by atoms with Crippen LogP contribution in [-0.4, -0.2) is 26.9 Å². The quantitative estimate of drug-likeness (QED) is 0.407. The van der Waals surface area contributed by atoms with Gasteiger partial charge in [0.1, 0.15) is 0 Å². The molecule has 23 heavy (non-hydrogen) atoms. The number of imidazole rings is 1. The Morgan fingerprint density at radius 2 is 2.30 bits per heavy atom. The first-order valence-electron chi connectivity index (χ1n) is 6.94. The second-order valence-electron chi connectivity index (χ2n) is 4.79. The topological polar surface area (TPSA) is 86.7 Å². The van der Waals surface area contributed by atoms with Crippen LogP contribution in [0.5, 0.6) is 0 Å². The van der Waals surface area contributed by atoms with E-state index in [1.54, 1.807) is 25.3 Å². The molecule has 118 valence electrons. The monoisotopic (exact) mass is 331 g/mol. The molecule has 0 bridgehead atoms. The fourth-order valence-corrected chi connectivity index (χ4v) is 3.11. The number of ether oxygens (including phenoxy) is 1. The number of nitrogens with zero attached hydrogens (tertiary/aromatic N) is 3. The number of benzene rings is 1.